The molecule has 0 bridgehead atoms. The Bertz CT molecular complexity index is 1480. The van der Waals surface area contributed by atoms with Crippen LogP contribution in [-0.2, 0) is 0 Å². The molecule has 3 aromatic carbocycles. The lowest BCUT2D eigenvalue weighted by molar-refractivity contribution is 0.0971. The Morgan fingerprint density at radius 3 is 2.35 bits per heavy atom. The zero-order chi connectivity index (χ0) is 25.9. The van der Waals surface area contributed by atoms with E-state index >= 15 is 0 Å². The Morgan fingerprint density at radius 1 is 0.919 bits per heavy atom. The van der Waals surface area contributed by atoms with E-state index in [0.29, 0.717) is 39.6 Å². The molecule has 1 atom stereocenters. The third kappa shape index (κ3) is 4.81. The minimum atomic E-state index is -0.672. The molecule has 7 heteroatoms. The van der Waals surface area contributed by atoms with Crippen LogP contribution < -0.4 is 19.8 Å². The summed E-state index contributed by atoms with van der Waals surface area (Å²) >= 11 is 6.18. The van der Waals surface area contributed by atoms with E-state index in [1.54, 1.807) is 54.5 Å². The van der Waals surface area contributed by atoms with E-state index in [2.05, 4.69) is 6.92 Å². The van der Waals surface area contributed by atoms with Gasteiger partial charge in [0.1, 0.15) is 17.1 Å². The molecule has 1 aliphatic heterocycles. The predicted molar refractivity (Wildman–Crippen MR) is 145 cm³/mol. The van der Waals surface area contributed by atoms with E-state index in [1.165, 1.54) is 12.8 Å². The number of fused-ring (bicyclic) bond motifs is 2. The molecule has 1 unspecified atom stereocenters. The van der Waals surface area contributed by atoms with Crippen molar-refractivity contribution in [2.45, 2.75) is 38.6 Å². The van der Waals surface area contributed by atoms with Crippen LogP contribution in [0.1, 0.15) is 60.3 Å². The molecule has 1 aliphatic rings. The quantitative estimate of drug-likeness (QED) is 0.220. The predicted octanol–water partition coefficient (Wildman–Crippen LogP) is 7.16. The summed E-state index contributed by atoms with van der Waals surface area (Å²) in [7, 11) is 1.58. The molecule has 0 saturated heterocycles. The van der Waals surface area contributed by atoms with Crippen molar-refractivity contribution in [3.63, 3.8) is 0 Å². The van der Waals surface area contributed by atoms with E-state index in [9.17, 15) is 9.59 Å². The summed E-state index contributed by atoms with van der Waals surface area (Å²) in [6.45, 7) is 2.83. The number of anilines is 1. The monoisotopic (exact) mass is 517 g/mol. The fourth-order valence-corrected chi connectivity index (χ4v) is 4.91. The van der Waals surface area contributed by atoms with Crippen molar-refractivity contribution in [1.82, 2.24) is 0 Å². The lowest BCUT2D eigenvalue weighted by atomic mass is 9.98. The number of amides is 1. The van der Waals surface area contributed by atoms with E-state index in [4.69, 9.17) is 25.5 Å². The number of carbonyl (C=O) groups is 1. The molecule has 4 aromatic rings. The van der Waals surface area contributed by atoms with Crippen molar-refractivity contribution in [1.29, 1.82) is 0 Å². The largest absolute Gasteiger partial charge is 0.497 e. The highest BCUT2D eigenvalue weighted by atomic mass is 35.5. The van der Waals surface area contributed by atoms with Crippen molar-refractivity contribution in [2.24, 2.45) is 0 Å². The van der Waals surface area contributed by atoms with Gasteiger partial charge in [0.25, 0.3) is 5.91 Å². The second-order valence-corrected chi connectivity index (χ2v) is 9.50. The molecular weight excluding hydrogens is 490 g/mol. The van der Waals surface area contributed by atoms with Crippen molar-refractivity contribution < 1.29 is 18.7 Å². The Labute approximate surface area is 220 Å². The van der Waals surface area contributed by atoms with Gasteiger partial charge in [-0.3, -0.25) is 14.5 Å². The first kappa shape index (κ1) is 24.9. The molecule has 0 radical (unpaired) electrons. The number of benzene rings is 3. The van der Waals surface area contributed by atoms with Crippen LogP contribution in [-0.4, -0.2) is 19.6 Å². The standard InChI is InChI=1S/C30H28ClNO5/c1-3-4-5-6-17-36-23-12-7-19(8-13-23)27-26-28(33)24-18-20(31)9-16-25(24)37-29(26)30(34)32(27)21-10-14-22(35-2)15-11-21/h7-16,18,27H,3-6,17H2,1-2H3. The normalized spacial score (nSPS) is 14.7. The third-order valence-electron chi connectivity index (χ3n) is 6.65. The van der Waals surface area contributed by atoms with Crippen LogP contribution in [0.15, 0.2) is 75.9 Å². The molecule has 190 valence electrons. The van der Waals surface area contributed by atoms with Crippen LogP contribution in [0.4, 0.5) is 5.69 Å². The highest BCUT2D eigenvalue weighted by molar-refractivity contribution is 6.31. The van der Waals surface area contributed by atoms with Gasteiger partial charge in [0, 0.05) is 10.7 Å². The molecule has 1 amide bonds. The lowest BCUT2D eigenvalue weighted by Gasteiger charge is -2.25. The minimum absolute atomic E-state index is 0.0388. The zero-order valence-electron chi connectivity index (χ0n) is 20.8. The summed E-state index contributed by atoms with van der Waals surface area (Å²) in [5.74, 6) is 1.07. The second-order valence-electron chi connectivity index (χ2n) is 9.07. The fraction of sp³-hybridized carbons (Fsp3) is 0.267. The fourth-order valence-electron chi connectivity index (χ4n) is 4.73. The minimum Gasteiger partial charge on any atom is -0.497 e. The molecular formula is C30H28ClNO5. The van der Waals surface area contributed by atoms with E-state index in [0.717, 1.165) is 24.2 Å². The number of methoxy groups -OCH3 is 1. The van der Waals surface area contributed by atoms with Crippen LogP contribution in [0, 0.1) is 0 Å². The second kappa shape index (κ2) is 10.7. The number of carbonyl (C=O) groups excluding carboxylic acids is 1. The van der Waals surface area contributed by atoms with Gasteiger partial charge in [0.2, 0.25) is 5.76 Å². The van der Waals surface area contributed by atoms with Gasteiger partial charge in [-0.25, -0.2) is 0 Å². The Kier molecular flexibility index (Phi) is 7.19. The van der Waals surface area contributed by atoms with Crippen molar-refractivity contribution >= 4 is 34.2 Å². The van der Waals surface area contributed by atoms with Gasteiger partial charge < -0.3 is 13.9 Å². The summed E-state index contributed by atoms with van der Waals surface area (Å²) < 4.78 is 17.2. The average molecular weight is 518 g/mol. The van der Waals surface area contributed by atoms with Crippen LogP contribution in [0.25, 0.3) is 11.0 Å². The van der Waals surface area contributed by atoms with Gasteiger partial charge in [-0.05, 0) is 66.6 Å². The number of halogens is 1. The summed E-state index contributed by atoms with van der Waals surface area (Å²) in [4.78, 5) is 29.0. The summed E-state index contributed by atoms with van der Waals surface area (Å²) in [6, 6.07) is 18.9. The van der Waals surface area contributed by atoms with Gasteiger partial charge in [0.15, 0.2) is 5.43 Å². The highest BCUT2D eigenvalue weighted by Gasteiger charge is 2.43. The number of hydrogen-bond donors (Lipinski definition) is 0. The number of unbranched alkanes of at least 4 members (excludes halogenated alkanes) is 3. The highest BCUT2D eigenvalue weighted by Crippen LogP contribution is 2.42. The molecule has 2 heterocycles. The zero-order valence-corrected chi connectivity index (χ0v) is 21.6. The number of nitrogens with zero attached hydrogens (tertiary/aromatic N) is 1. The van der Waals surface area contributed by atoms with Crippen LogP contribution in [0.5, 0.6) is 11.5 Å². The van der Waals surface area contributed by atoms with Crippen molar-refractivity contribution in [3.8, 4) is 11.5 Å². The smallest absolute Gasteiger partial charge is 0.295 e. The van der Waals surface area contributed by atoms with Crippen LogP contribution in [0.3, 0.4) is 0 Å². The van der Waals surface area contributed by atoms with Gasteiger partial charge in [-0.15, -0.1) is 0 Å². The van der Waals surface area contributed by atoms with E-state index in [-0.39, 0.29) is 17.1 Å². The maximum atomic E-state index is 13.7. The van der Waals surface area contributed by atoms with Crippen molar-refractivity contribution in [2.75, 3.05) is 18.6 Å². The SMILES string of the molecule is CCCCCCOc1ccc(C2c3c(oc4ccc(Cl)cc4c3=O)C(=O)N2c2ccc(OC)cc2)cc1. The third-order valence-corrected chi connectivity index (χ3v) is 6.88. The first-order chi connectivity index (χ1) is 18.0. The molecule has 1 aromatic heterocycles. The summed E-state index contributed by atoms with van der Waals surface area (Å²) in [5.41, 5.74) is 1.74. The summed E-state index contributed by atoms with van der Waals surface area (Å²) in [6.07, 6.45) is 4.51. The van der Waals surface area contributed by atoms with Gasteiger partial charge in [-0.2, -0.15) is 0 Å². The Morgan fingerprint density at radius 2 is 1.65 bits per heavy atom. The van der Waals surface area contributed by atoms with E-state index in [1.807, 2.05) is 24.3 Å². The molecule has 6 nitrogen and oxygen atoms in total. The molecule has 0 fully saturated rings. The Hall–Kier alpha value is -3.77. The maximum Gasteiger partial charge on any atom is 0.295 e. The molecule has 0 saturated carbocycles. The number of ether oxygens (including phenoxy) is 2. The van der Waals surface area contributed by atoms with Crippen LogP contribution in [0.2, 0.25) is 5.02 Å². The number of hydrogen-bond acceptors (Lipinski definition) is 5. The van der Waals surface area contributed by atoms with Gasteiger partial charge >= 0.3 is 0 Å². The molecule has 0 aliphatic carbocycles. The maximum absolute atomic E-state index is 13.7. The van der Waals surface area contributed by atoms with Crippen LogP contribution >= 0.6 is 11.6 Å². The molecule has 0 N–H and O–H groups in total. The number of rotatable bonds is 9. The average Bonchev–Trinajstić information content (AvgIpc) is 3.21. The lowest BCUT2D eigenvalue weighted by Crippen LogP contribution is -2.29. The van der Waals surface area contributed by atoms with Gasteiger partial charge in [0.05, 0.1) is 30.7 Å². The molecule has 37 heavy (non-hydrogen) atoms. The van der Waals surface area contributed by atoms with Crippen molar-refractivity contribution in [3.05, 3.63) is 98.9 Å². The Balaban J connectivity index is 1.57. The van der Waals surface area contributed by atoms with Gasteiger partial charge in [-0.1, -0.05) is 49.9 Å². The first-order valence-corrected chi connectivity index (χ1v) is 12.9. The molecule has 0 spiro atoms. The topological polar surface area (TPSA) is 69.0 Å². The summed E-state index contributed by atoms with van der Waals surface area (Å²) in [5, 5.41) is 0.765. The van der Waals surface area contributed by atoms with E-state index < -0.39 is 6.04 Å². The molecule has 5 rings (SSSR count). The first-order valence-electron chi connectivity index (χ1n) is 12.5.